The van der Waals surface area contributed by atoms with Crippen molar-refractivity contribution in [2.75, 3.05) is 26.6 Å². The van der Waals surface area contributed by atoms with E-state index in [9.17, 15) is 22.8 Å². The standard InChI is InChI=1S/C20H19BrF3NO6/c1-10(18(26)25-13-8-6-5-7-12(13)20(22,23)24)31-19(27)11-9-14(28-2)16(29-3)17(30-4)15(11)21/h5-10H,1-4H3,(H,25,26). The van der Waals surface area contributed by atoms with Gasteiger partial charge in [0.1, 0.15) is 0 Å². The zero-order chi connectivity index (χ0) is 23.3. The first-order valence-electron chi connectivity index (χ1n) is 8.71. The minimum Gasteiger partial charge on any atom is -0.493 e. The average molecular weight is 506 g/mol. The summed E-state index contributed by atoms with van der Waals surface area (Å²) < 4.78 is 60.3. The summed E-state index contributed by atoms with van der Waals surface area (Å²) in [5.41, 5.74) is -1.50. The van der Waals surface area contributed by atoms with E-state index in [4.69, 9.17) is 18.9 Å². The van der Waals surface area contributed by atoms with Gasteiger partial charge in [-0.15, -0.1) is 0 Å². The highest BCUT2D eigenvalue weighted by molar-refractivity contribution is 9.10. The number of halogens is 4. The number of carbonyl (C=O) groups excluding carboxylic acids is 2. The Morgan fingerprint density at radius 3 is 2.19 bits per heavy atom. The Balaban J connectivity index is 2.24. The predicted octanol–water partition coefficient (Wildman–Crippen LogP) is 4.68. The molecule has 0 saturated heterocycles. The van der Waals surface area contributed by atoms with E-state index >= 15 is 0 Å². The Morgan fingerprint density at radius 1 is 1.03 bits per heavy atom. The molecule has 1 unspecified atom stereocenters. The van der Waals surface area contributed by atoms with E-state index in [2.05, 4.69) is 21.2 Å². The van der Waals surface area contributed by atoms with Gasteiger partial charge in [0.25, 0.3) is 5.91 Å². The van der Waals surface area contributed by atoms with Crippen molar-refractivity contribution in [3.8, 4) is 17.2 Å². The van der Waals surface area contributed by atoms with Crippen LogP contribution in [0.3, 0.4) is 0 Å². The van der Waals surface area contributed by atoms with Crippen molar-refractivity contribution in [3.63, 3.8) is 0 Å². The van der Waals surface area contributed by atoms with Gasteiger partial charge in [-0.3, -0.25) is 4.79 Å². The number of esters is 1. The molecule has 0 aliphatic heterocycles. The van der Waals surface area contributed by atoms with Gasteiger partial charge in [0, 0.05) is 0 Å². The fourth-order valence-electron chi connectivity index (χ4n) is 2.62. The van der Waals surface area contributed by atoms with E-state index in [0.717, 1.165) is 12.1 Å². The summed E-state index contributed by atoms with van der Waals surface area (Å²) in [7, 11) is 4.09. The first kappa shape index (κ1) is 24.3. The summed E-state index contributed by atoms with van der Waals surface area (Å²) in [6.07, 6.45) is -6.06. The smallest absolute Gasteiger partial charge is 0.418 e. The second kappa shape index (κ2) is 9.90. The van der Waals surface area contributed by atoms with Crippen LogP contribution >= 0.6 is 15.9 Å². The van der Waals surface area contributed by atoms with Crippen molar-refractivity contribution in [1.82, 2.24) is 0 Å². The number of alkyl halides is 3. The Hall–Kier alpha value is -2.95. The zero-order valence-electron chi connectivity index (χ0n) is 16.9. The van der Waals surface area contributed by atoms with Crippen LogP contribution in [0.1, 0.15) is 22.8 Å². The molecule has 0 aliphatic carbocycles. The van der Waals surface area contributed by atoms with Crippen LogP contribution < -0.4 is 19.5 Å². The summed E-state index contributed by atoms with van der Waals surface area (Å²) in [5, 5.41) is 2.13. The minimum atomic E-state index is -4.66. The molecule has 1 N–H and O–H groups in total. The predicted molar refractivity (Wildman–Crippen MR) is 109 cm³/mol. The molecular formula is C20H19BrF3NO6. The molecule has 31 heavy (non-hydrogen) atoms. The highest BCUT2D eigenvalue weighted by Gasteiger charge is 2.34. The fraction of sp³-hybridized carbons (Fsp3) is 0.300. The van der Waals surface area contributed by atoms with E-state index in [-0.39, 0.29) is 27.3 Å². The molecule has 7 nitrogen and oxygen atoms in total. The monoisotopic (exact) mass is 505 g/mol. The Kier molecular flexibility index (Phi) is 7.77. The maximum Gasteiger partial charge on any atom is 0.418 e. The van der Waals surface area contributed by atoms with E-state index in [1.807, 2.05) is 0 Å². The molecule has 0 aliphatic rings. The van der Waals surface area contributed by atoms with Crippen LogP contribution in [0.5, 0.6) is 17.2 Å². The van der Waals surface area contributed by atoms with Crippen molar-refractivity contribution in [2.45, 2.75) is 19.2 Å². The van der Waals surface area contributed by atoms with Crippen LogP contribution in [-0.4, -0.2) is 39.3 Å². The van der Waals surface area contributed by atoms with E-state index in [1.54, 1.807) is 0 Å². The second-order valence-electron chi connectivity index (χ2n) is 6.09. The lowest BCUT2D eigenvalue weighted by Gasteiger charge is -2.19. The highest BCUT2D eigenvalue weighted by Crippen LogP contribution is 2.45. The molecule has 2 aromatic rings. The molecule has 0 radical (unpaired) electrons. The normalized spacial score (nSPS) is 12.0. The van der Waals surface area contributed by atoms with Crippen LogP contribution in [0.4, 0.5) is 18.9 Å². The SMILES string of the molecule is COc1cc(C(=O)OC(C)C(=O)Nc2ccccc2C(F)(F)F)c(Br)c(OC)c1OC. The molecular weight excluding hydrogens is 487 g/mol. The van der Waals surface area contributed by atoms with Crippen LogP contribution in [0.2, 0.25) is 0 Å². The number of methoxy groups -OCH3 is 3. The van der Waals surface area contributed by atoms with Gasteiger partial charge >= 0.3 is 12.1 Å². The second-order valence-corrected chi connectivity index (χ2v) is 6.88. The summed E-state index contributed by atoms with van der Waals surface area (Å²) in [4.78, 5) is 25.0. The first-order chi connectivity index (χ1) is 14.5. The number of hydrogen-bond donors (Lipinski definition) is 1. The molecule has 11 heteroatoms. The number of benzene rings is 2. The summed E-state index contributed by atoms with van der Waals surface area (Å²) in [5.74, 6) is -1.31. The fourth-order valence-corrected chi connectivity index (χ4v) is 3.24. The number of rotatable bonds is 7. The molecule has 2 aromatic carbocycles. The Labute approximate surface area is 184 Å². The maximum absolute atomic E-state index is 13.1. The lowest BCUT2D eigenvalue weighted by atomic mass is 10.1. The molecule has 0 heterocycles. The van der Waals surface area contributed by atoms with Gasteiger partial charge in [-0.25, -0.2) is 4.79 Å². The molecule has 168 valence electrons. The summed E-state index contributed by atoms with van der Waals surface area (Å²) in [6.45, 7) is 1.23. The molecule has 0 bridgehead atoms. The van der Waals surface area contributed by atoms with E-state index in [1.165, 1.54) is 46.5 Å². The van der Waals surface area contributed by atoms with Crippen molar-refractivity contribution in [2.24, 2.45) is 0 Å². The molecule has 1 amide bonds. The molecule has 0 saturated carbocycles. The summed E-state index contributed by atoms with van der Waals surface area (Å²) >= 11 is 3.22. The lowest BCUT2D eigenvalue weighted by molar-refractivity contribution is -0.137. The van der Waals surface area contributed by atoms with Crippen molar-refractivity contribution in [1.29, 1.82) is 0 Å². The molecule has 0 aromatic heterocycles. The van der Waals surface area contributed by atoms with Crippen molar-refractivity contribution < 1.29 is 41.7 Å². The lowest BCUT2D eigenvalue weighted by Crippen LogP contribution is -2.31. The topological polar surface area (TPSA) is 83.1 Å². The van der Waals surface area contributed by atoms with E-state index < -0.39 is 35.4 Å². The van der Waals surface area contributed by atoms with Crippen LogP contribution in [0, 0.1) is 0 Å². The third-order valence-corrected chi connectivity index (χ3v) is 4.92. The number of ether oxygens (including phenoxy) is 4. The van der Waals surface area contributed by atoms with Gasteiger partial charge in [-0.2, -0.15) is 13.2 Å². The molecule has 0 spiro atoms. The zero-order valence-corrected chi connectivity index (χ0v) is 18.5. The Morgan fingerprint density at radius 2 is 1.65 bits per heavy atom. The molecule has 1 atom stereocenters. The number of anilines is 1. The van der Waals surface area contributed by atoms with Gasteiger partial charge in [0.15, 0.2) is 17.6 Å². The van der Waals surface area contributed by atoms with Crippen molar-refractivity contribution in [3.05, 3.63) is 45.9 Å². The van der Waals surface area contributed by atoms with E-state index in [0.29, 0.717) is 0 Å². The summed E-state index contributed by atoms with van der Waals surface area (Å²) in [6, 6.07) is 5.79. The molecule has 0 fully saturated rings. The van der Waals surface area contributed by atoms with Gasteiger partial charge in [0.2, 0.25) is 5.75 Å². The maximum atomic E-state index is 13.1. The van der Waals surface area contributed by atoms with Gasteiger partial charge < -0.3 is 24.3 Å². The van der Waals surface area contributed by atoms with Gasteiger partial charge in [-0.05, 0) is 41.1 Å². The largest absolute Gasteiger partial charge is 0.493 e. The quantitative estimate of drug-likeness (QED) is 0.550. The Bertz CT molecular complexity index is 980. The average Bonchev–Trinajstić information content (AvgIpc) is 2.72. The number of carbonyl (C=O) groups is 2. The number of nitrogens with one attached hydrogen (secondary N) is 1. The third-order valence-electron chi connectivity index (χ3n) is 4.13. The van der Waals surface area contributed by atoms with Gasteiger partial charge in [0.05, 0.1) is 42.6 Å². The van der Waals surface area contributed by atoms with Crippen LogP contribution in [-0.2, 0) is 15.7 Å². The number of para-hydroxylation sites is 1. The number of hydrogen-bond acceptors (Lipinski definition) is 6. The third kappa shape index (κ3) is 5.40. The minimum absolute atomic E-state index is 0.0372. The molecule has 2 rings (SSSR count). The van der Waals surface area contributed by atoms with Gasteiger partial charge in [-0.1, -0.05) is 12.1 Å². The highest BCUT2D eigenvalue weighted by atomic mass is 79.9. The number of amides is 1. The van der Waals surface area contributed by atoms with Crippen LogP contribution in [0.25, 0.3) is 0 Å². The first-order valence-corrected chi connectivity index (χ1v) is 9.50. The van der Waals surface area contributed by atoms with Crippen molar-refractivity contribution >= 4 is 33.5 Å². The van der Waals surface area contributed by atoms with Crippen LogP contribution in [0.15, 0.2) is 34.8 Å².